The fourth-order valence-corrected chi connectivity index (χ4v) is 6.50. The number of sulfonamides is 1. The van der Waals surface area contributed by atoms with Crippen molar-refractivity contribution >= 4 is 61.9 Å². The molecule has 0 spiro atoms. The molecular formula is C28H21N3O4S3. The predicted octanol–water partition coefficient (Wildman–Crippen LogP) is 5.35. The SMILES string of the molecule is O=C(Cc1ccc(N=C2NC(=O)C(=Cc3ccc(-c4ccccc4)cc3)S2)cc1)NS(=O)(=O)c1cccs1. The van der Waals surface area contributed by atoms with Crippen molar-refractivity contribution in [1.29, 1.82) is 0 Å². The minimum absolute atomic E-state index is 0.0887. The van der Waals surface area contributed by atoms with Crippen molar-refractivity contribution in [1.82, 2.24) is 10.0 Å². The largest absolute Gasteiger partial charge is 0.300 e. The van der Waals surface area contributed by atoms with Gasteiger partial charge in [0.05, 0.1) is 17.0 Å². The van der Waals surface area contributed by atoms with E-state index >= 15 is 0 Å². The number of benzene rings is 3. The molecule has 38 heavy (non-hydrogen) atoms. The predicted molar refractivity (Wildman–Crippen MR) is 152 cm³/mol. The molecule has 2 amide bonds. The lowest BCUT2D eigenvalue weighted by Crippen LogP contribution is -2.31. The molecule has 7 nitrogen and oxygen atoms in total. The first-order valence-electron chi connectivity index (χ1n) is 11.5. The van der Waals surface area contributed by atoms with E-state index < -0.39 is 15.9 Å². The summed E-state index contributed by atoms with van der Waals surface area (Å²) in [5, 5.41) is 4.86. The molecule has 5 rings (SSSR count). The van der Waals surface area contributed by atoms with Crippen molar-refractivity contribution in [2.75, 3.05) is 0 Å². The van der Waals surface area contributed by atoms with Crippen LogP contribution in [0.2, 0.25) is 0 Å². The van der Waals surface area contributed by atoms with Crippen LogP contribution in [0.5, 0.6) is 0 Å². The van der Waals surface area contributed by atoms with Gasteiger partial charge in [-0.3, -0.25) is 9.59 Å². The summed E-state index contributed by atoms with van der Waals surface area (Å²) in [5.41, 5.74) is 4.37. The summed E-state index contributed by atoms with van der Waals surface area (Å²) >= 11 is 2.29. The van der Waals surface area contributed by atoms with E-state index in [4.69, 9.17) is 0 Å². The van der Waals surface area contributed by atoms with Gasteiger partial charge >= 0.3 is 0 Å². The highest BCUT2D eigenvalue weighted by atomic mass is 32.2. The number of carbonyl (C=O) groups is 2. The lowest BCUT2D eigenvalue weighted by atomic mass is 10.0. The normalized spacial score (nSPS) is 15.5. The number of aliphatic imine (C=N–C) groups is 1. The third-order valence-corrected chi connectivity index (χ3v) is 9.19. The zero-order chi connectivity index (χ0) is 26.5. The van der Waals surface area contributed by atoms with Crippen molar-refractivity contribution in [3.05, 3.63) is 112 Å². The molecule has 0 radical (unpaired) electrons. The Morgan fingerprint density at radius 2 is 1.61 bits per heavy atom. The molecular weight excluding hydrogens is 539 g/mol. The van der Waals surface area contributed by atoms with Crippen molar-refractivity contribution in [2.45, 2.75) is 10.6 Å². The number of hydrogen-bond donors (Lipinski definition) is 2. The van der Waals surface area contributed by atoms with Crippen LogP contribution in [0.1, 0.15) is 11.1 Å². The maximum absolute atomic E-state index is 12.5. The fourth-order valence-electron chi connectivity index (χ4n) is 3.68. The molecule has 1 fully saturated rings. The summed E-state index contributed by atoms with van der Waals surface area (Å²) < 4.78 is 26.6. The number of amidine groups is 1. The van der Waals surface area contributed by atoms with Crippen LogP contribution >= 0.6 is 23.1 Å². The van der Waals surface area contributed by atoms with Crippen LogP contribution in [-0.2, 0) is 26.0 Å². The monoisotopic (exact) mass is 559 g/mol. The zero-order valence-electron chi connectivity index (χ0n) is 19.8. The van der Waals surface area contributed by atoms with E-state index in [0.29, 0.717) is 21.3 Å². The van der Waals surface area contributed by atoms with Gasteiger partial charge in [0.15, 0.2) is 5.17 Å². The highest BCUT2D eigenvalue weighted by Gasteiger charge is 2.24. The first-order valence-corrected chi connectivity index (χ1v) is 14.7. The third kappa shape index (κ3) is 6.28. The van der Waals surface area contributed by atoms with Gasteiger partial charge in [0.1, 0.15) is 4.21 Å². The maximum Gasteiger partial charge on any atom is 0.273 e. The highest BCUT2D eigenvalue weighted by molar-refractivity contribution is 8.18. The van der Waals surface area contributed by atoms with E-state index in [0.717, 1.165) is 28.0 Å². The van der Waals surface area contributed by atoms with E-state index in [2.05, 4.69) is 27.2 Å². The Balaban J connectivity index is 1.21. The van der Waals surface area contributed by atoms with Crippen LogP contribution in [0.25, 0.3) is 17.2 Å². The highest BCUT2D eigenvalue weighted by Crippen LogP contribution is 2.29. The Morgan fingerprint density at radius 3 is 2.29 bits per heavy atom. The van der Waals surface area contributed by atoms with E-state index in [1.54, 1.807) is 35.7 Å². The minimum Gasteiger partial charge on any atom is -0.300 e. The molecule has 0 unspecified atom stereocenters. The molecule has 1 saturated heterocycles. The van der Waals surface area contributed by atoms with Crippen molar-refractivity contribution in [2.24, 2.45) is 4.99 Å². The van der Waals surface area contributed by atoms with E-state index in [-0.39, 0.29) is 16.5 Å². The Hall–Kier alpha value is -3.99. The summed E-state index contributed by atoms with van der Waals surface area (Å²) in [5.74, 6) is -0.844. The average molecular weight is 560 g/mol. The molecule has 0 saturated carbocycles. The lowest BCUT2D eigenvalue weighted by Gasteiger charge is -2.05. The van der Waals surface area contributed by atoms with Gasteiger partial charge in [0, 0.05) is 0 Å². The van der Waals surface area contributed by atoms with Crippen molar-refractivity contribution in [3.63, 3.8) is 0 Å². The van der Waals surface area contributed by atoms with Gasteiger partial charge < -0.3 is 5.32 Å². The van der Waals surface area contributed by atoms with Gasteiger partial charge in [-0.2, -0.15) is 0 Å². The summed E-state index contributed by atoms with van der Waals surface area (Å²) in [4.78, 5) is 29.7. The molecule has 2 heterocycles. The molecule has 0 atom stereocenters. The van der Waals surface area contributed by atoms with Crippen LogP contribution in [0.4, 0.5) is 5.69 Å². The Kier molecular flexibility index (Phi) is 7.54. The second kappa shape index (κ2) is 11.2. The number of thiophene rings is 1. The molecule has 2 N–H and O–H groups in total. The summed E-state index contributed by atoms with van der Waals surface area (Å²) in [6.45, 7) is 0. The first-order chi connectivity index (χ1) is 18.4. The van der Waals surface area contributed by atoms with Crippen molar-refractivity contribution < 1.29 is 18.0 Å². The fraction of sp³-hybridized carbons (Fsp3) is 0.0357. The minimum atomic E-state index is -3.86. The number of amides is 2. The van der Waals surface area contributed by atoms with Gasteiger partial charge in [0.2, 0.25) is 5.91 Å². The van der Waals surface area contributed by atoms with Gasteiger partial charge in [-0.15, -0.1) is 11.3 Å². The number of thioether (sulfide) groups is 1. The van der Waals surface area contributed by atoms with E-state index in [1.165, 1.54) is 17.8 Å². The van der Waals surface area contributed by atoms with Crippen LogP contribution in [0.15, 0.2) is 110 Å². The molecule has 0 aliphatic carbocycles. The molecule has 1 aliphatic heterocycles. The summed E-state index contributed by atoms with van der Waals surface area (Å²) in [6, 6.07) is 27.9. The van der Waals surface area contributed by atoms with Crippen LogP contribution in [0, 0.1) is 0 Å². The molecule has 190 valence electrons. The number of nitrogens with one attached hydrogen (secondary N) is 2. The molecule has 1 aromatic heterocycles. The second-order valence-electron chi connectivity index (χ2n) is 8.27. The third-order valence-electron chi connectivity index (χ3n) is 5.51. The second-order valence-corrected chi connectivity index (χ2v) is 12.2. The van der Waals surface area contributed by atoms with Gasteiger partial charge in [-0.1, -0.05) is 72.8 Å². The Morgan fingerprint density at radius 1 is 0.895 bits per heavy atom. The molecule has 10 heteroatoms. The first kappa shape index (κ1) is 25.7. The number of carbonyl (C=O) groups excluding carboxylic acids is 2. The van der Waals surface area contributed by atoms with Crippen molar-refractivity contribution in [3.8, 4) is 11.1 Å². The Labute approximate surface area is 228 Å². The Bertz CT molecular complexity index is 1630. The summed E-state index contributed by atoms with van der Waals surface area (Å²) in [7, 11) is -3.86. The van der Waals surface area contributed by atoms with Crippen LogP contribution in [-0.4, -0.2) is 25.4 Å². The van der Waals surface area contributed by atoms with E-state index in [1.807, 2.05) is 48.5 Å². The molecule has 3 aromatic carbocycles. The molecule has 1 aliphatic rings. The molecule has 0 bridgehead atoms. The van der Waals surface area contributed by atoms with Gasteiger partial charge in [0.25, 0.3) is 15.9 Å². The number of rotatable bonds is 7. The number of nitrogens with zero attached hydrogens (tertiary/aromatic N) is 1. The smallest absolute Gasteiger partial charge is 0.273 e. The van der Waals surface area contributed by atoms with E-state index in [9.17, 15) is 18.0 Å². The quantitative estimate of drug-likeness (QED) is 0.297. The van der Waals surface area contributed by atoms with Gasteiger partial charge in [-0.05, 0) is 63.7 Å². The van der Waals surface area contributed by atoms with Crippen LogP contribution < -0.4 is 10.0 Å². The lowest BCUT2D eigenvalue weighted by molar-refractivity contribution is -0.118. The molecule has 4 aromatic rings. The average Bonchev–Trinajstić information content (AvgIpc) is 3.57. The maximum atomic E-state index is 12.5. The summed E-state index contributed by atoms with van der Waals surface area (Å²) in [6.07, 6.45) is 1.73. The van der Waals surface area contributed by atoms with Gasteiger partial charge in [-0.25, -0.2) is 18.1 Å². The zero-order valence-corrected chi connectivity index (χ0v) is 22.3. The topological polar surface area (TPSA) is 105 Å². The van der Waals surface area contributed by atoms with Crippen LogP contribution in [0.3, 0.4) is 0 Å². The standard InChI is InChI=1S/C28H21N3O4S3/c32-25(31-38(34,35)26-7-4-16-36-26)18-20-10-14-23(15-11-20)29-28-30-27(33)24(37-28)17-19-8-12-22(13-9-19)21-5-2-1-3-6-21/h1-17H,18H2,(H,31,32)(H,29,30,33). The number of hydrogen-bond acceptors (Lipinski definition) is 7.